The summed E-state index contributed by atoms with van der Waals surface area (Å²) in [5, 5.41) is 1.84. The lowest BCUT2D eigenvalue weighted by atomic mass is 10.2. The second kappa shape index (κ2) is 5.41. The summed E-state index contributed by atoms with van der Waals surface area (Å²) in [6.45, 7) is 1.76. The normalized spacial score (nSPS) is 20.1. The van der Waals surface area contributed by atoms with E-state index < -0.39 is 7.67 Å². The summed E-state index contributed by atoms with van der Waals surface area (Å²) in [6.07, 6.45) is 3.50. The van der Waals surface area contributed by atoms with E-state index in [1.807, 2.05) is 5.06 Å². The van der Waals surface area contributed by atoms with Gasteiger partial charge in [0.25, 0.3) is 0 Å². The molecule has 0 aliphatic carbocycles. The molecule has 0 spiro atoms. The summed E-state index contributed by atoms with van der Waals surface area (Å²) in [4.78, 5) is 0. The van der Waals surface area contributed by atoms with E-state index in [9.17, 15) is 4.57 Å². The van der Waals surface area contributed by atoms with Crippen molar-refractivity contribution >= 4 is 7.67 Å². The van der Waals surface area contributed by atoms with Crippen molar-refractivity contribution in [1.29, 1.82) is 0 Å². The molecule has 15 heavy (non-hydrogen) atoms. The molecule has 6 heteroatoms. The zero-order valence-electron chi connectivity index (χ0n) is 10.1. The fourth-order valence-corrected chi connectivity index (χ4v) is 3.07. The van der Waals surface area contributed by atoms with E-state index in [2.05, 4.69) is 0 Å². The van der Waals surface area contributed by atoms with Gasteiger partial charge in [-0.2, -0.15) is 5.06 Å². The zero-order valence-corrected chi connectivity index (χ0v) is 11.0. The van der Waals surface area contributed by atoms with Crippen molar-refractivity contribution in [3.8, 4) is 0 Å². The van der Waals surface area contributed by atoms with Crippen molar-refractivity contribution in [3.05, 3.63) is 0 Å². The van der Waals surface area contributed by atoms with Crippen LogP contribution in [0.1, 0.15) is 19.3 Å². The minimum atomic E-state index is -2.84. The molecular formula is C9H22N3O2P. The first kappa shape index (κ1) is 13.1. The Balaban J connectivity index is 2.62. The fourth-order valence-electron chi connectivity index (χ4n) is 1.60. The monoisotopic (exact) mass is 235 g/mol. The van der Waals surface area contributed by atoms with Gasteiger partial charge in [-0.1, -0.05) is 6.42 Å². The van der Waals surface area contributed by atoms with E-state index in [1.54, 1.807) is 37.5 Å². The topological polar surface area (TPSA) is 36.0 Å². The SMILES string of the molecule is CN(C)P(=O)(ON1CCCCC1)N(C)C. The Labute approximate surface area is 92.5 Å². The van der Waals surface area contributed by atoms with E-state index in [-0.39, 0.29) is 0 Å². The zero-order chi connectivity index (χ0) is 11.5. The van der Waals surface area contributed by atoms with Crippen LogP contribution >= 0.6 is 7.67 Å². The molecule has 1 heterocycles. The van der Waals surface area contributed by atoms with Crippen molar-refractivity contribution in [2.75, 3.05) is 41.3 Å². The number of rotatable bonds is 4. The van der Waals surface area contributed by atoms with E-state index in [4.69, 9.17) is 4.62 Å². The predicted octanol–water partition coefficient (Wildman–Crippen LogP) is 1.64. The third-order valence-corrected chi connectivity index (χ3v) is 5.01. The van der Waals surface area contributed by atoms with Crippen molar-refractivity contribution in [2.45, 2.75) is 19.3 Å². The van der Waals surface area contributed by atoms with Gasteiger partial charge in [0.15, 0.2) is 0 Å². The van der Waals surface area contributed by atoms with Gasteiger partial charge >= 0.3 is 7.67 Å². The van der Waals surface area contributed by atoms with E-state index in [1.165, 1.54) is 6.42 Å². The van der Waals surface area contributed by atoms with Crippen LogP contribution in [0.3, 0.4) is 0 Å². The standard InChI is InChI=1S/C9H22N3O2P/c1-10(2)15(13,11(3)4)14-12-8-6-5-7-9-12/h5-9H2,1-4H3. The number of nitrogens with zero attached hydrogens (tertiary/aromatic N) is 3. The molecule has 1 aliphatic rings. The van der Waals surface area contributed by atoms with E-state index >= 15 is 0 Å². The predicted molar refractivity (Wildman–Crippen MR) is 61.5 cm³/mol. The molecule has 0 amide bonds. The molecule has 0 aromatic heterocycles. The Morgan fingerprint density at radius 3 is 1.87 bits per heavy atom. The van der Waals surface area contributed by atoms with Crippen molar-refractivity contribution in [2.24, 2.45) is 0 Å². The average molecular weight is 235 g/mol. The number of hydrogen-bond donors (Lipinski definition) is 0. The third-order valence-electron chi connectivity index (χ3n) is 2.55. The molecule has 0 aromatic carbocycles. The Morgan fingerprint density at radius 2 is 1.47 bits per heavy atom. The molecule has 5 nitrogen and oxygen atoms in total. The van der Waals surface area contributed by atoms with Gasteiger partial charge < -0.3 is 0 Å². The summed E-state index contributed by atoms with van der Waals surface area (Å²) >= 11 is 0. The second-order valence-electron chi connectivity index (χ2n) is 4.26. The van der Waals surface area contributed by atoms with Gasteiger partial charge in [-0.05, 0) is 41.0 Å². The summed E-state index contributed by atoms with van der Waals surface area (Å²) in [5.41, 5.74) is 0. The first-order chi connectivity index (χ1) is 6.97. The largest absolute Gasteiger partial charge is 0.361 e. The van der Waals surface area contributed by atoms with Crippen molar-refractivity contribution in [3.63, 3.8) is 0 Å². The molecular weight excluding hydrogens is 213 g/mol. The van der Waals surface area contributed by atoms with Crippen LogP contribution in [0.2, 0.25) is 0 Å². The minimum Gasteiger partial charge on any atom is -0.254 e. The molecule has 1 rings (SSSR count). The molecule has 90 valence electrons. The van der Waals surface area contributed by atoms with Gasteiger partial charge in [0.2, 0.25) is 0 Å². The average Bonchev–Trinajstić information content (AvgIpc) is 2.18. The summed E-state index contributed by atoms with van der Waals surface area (Å²) in [5.74, 6) is 0. The molecule has 0 saturated carbocycles. The highest BCUT2D eigenvalue weighted by molar-refractivity contribution is 7.53. The number of hydroxylamine groups is 2. The van der Waals surface area contributed by atoms with Crippen LogP contribution in [0, 0.1) is 0 Å². The van der Waals surface area contributed by atoms with Gasteiger partial charge in [0.1, 0.15) is 0 Å². The van der Waals surface area contributed by atoms with Gasteiger partial charge in [0.05, 0.1) is 0 Å². The van der Waals surface area contributed by atoms with Crippen LogP contribution in [0.5, 0.6) is 0 Å². The Hall–Kier alpha value is 0.0700. The Kier molecular flexibility index (Phi) is 4.74. The third kappa shape index (κ3) is 3.26. The van der Waals surface area contributed by atoms with Crippen LogP contribution in [0.25, 0.3) is 0 Å². The Bertz CT molecular complexity index is 228. The summed E-state index contributed by atoms with van der Waals surface area (Å²) in [6, 6.07) is 0. The highest BCUT2D eigenvalue weighted by atomic mass is 31.2. The summed E-state index contributed by atoms with van der Waals surface area (Å²) in [7, 11) is 4.29. The van der Waals surface area contributed by atoms with Crippen LogP contribution in [-0.2, 0) is 9.19 Å². The molecule has 0 bridgehead atoms. The maximum atomic E-state index is 12.5. The van der Waals surface area contributed by atoms with Crippen molar-refractivity contribution < 1.29 is 9.19 Å². The van der Waals surface area contributed by atoms with Crippen LogP contribution in [0.4, 0.5) is 0 Å². The van der Waals surface area contributed by atoms with Crippen molar-refractivity contribution in [1.82, 2.24) is 14.4 Å². The maximum absolute atomic E-state index is 12.5. The molecule has 1 fully saturated rings. The lowest BCUT2D eigenvalue weighted by Gasteiger charge is -2.35. The van der Waals surface area contributed by atoms with E-state index in [0.29, 0.717) is 0 Å². The van der Waals surface area contributed by atoms with Crippen LogP contribution in [0.15, 0.2) is 0 Å². The van der Waals surface area contributed by atoms with Gasteiger partial charge in [-0.15, -0.1) is 0 Å². The molecule has 0 radical (unpaired) electrons. The minimum absolute atomic E-state index is 0.881. The number of hydrogen-bond acceptors (Lipinski definition) is 3. The lowest BCUT2D eigenvalue weighted by Crippen LogP contribution is -2.34. The summed E-state index contributed by atoms with van der Waals surface area (Å²) < 4.78 is 21.4. The van der Waals surface area contributed by atoms with E-state index in [0.717, 1.165) is 25.9 Å². The Morgan fingerprint density at radius 1 is 1.00 bits per heavy atom. The first-order valence-corrected chi connectivity index (χ1v) is 6.90. The second-order valence-corrected chi connectivity index (χ2v) is 7.00. The molecule has 0 N–H and O–H groups in total. The quantitative estimate of drug-likeness (QED) is 0.692. The maximum Gasteiger partial charge on any atom is 0.361 e. The first-order valence-electron chi connectivity index (χ1n) is 5.37. The number of piperidine rings is 1. The highest BCUT2D eigenvalue weighted by Crippen LogP contribution is 2.51. The highest BCUT2D eigenvalue weighted by Gasteiger charge is 2.33. The molecule has 0 aromatic rings. The van der Waals surface area contributed by atoms with Gasteiger partial charge in [0, 0.05) is 13.1 Å². The molecule has 1 aliphatic heterocycles. The smallest absolute Gasteiger partial charge is 0.254 e. The van der Waals surface area contributed by atoms with Gasteiger partial charge in [-0.25, -0.2) is 14.0 Å². The van der Waals surface area contributed by atoms with Crippen LogP contribution in [-0.4, -0.2) is 55.7 Å². The fraction of sp³-hybridized carbons (Fsp3) is 1.00. The molecule has 0 atom stereocenters. The van der Waals surface area contributed by atoms with Gasteiger partial charge in [-0.3, -0.25) is 4.57 Å². The van der Waals surface area contributed by atoms with Crippen LogP contribution < -0.4 is 0 Å². The lowest BCUT2D eigenvalue weighted by molar-refractivity contribution is -0.0819. The molecule has 1 saturated heterocycles. The molecule has 0 unspecified atom stereocenters.